The summed E-state index contributed by atoms with van der Waals surface area (Å²) in [7, 11) is 1.29. The Kier molecular flexibility index (Phi) is 5.68. The lowest BCUT2D eigenvalue weighted by molar-refractivity contribution is -0.140. The number of carbonyl (C=O) groups excluding carboxylic acids is 1. The molecule has 0 spiro atoms. The number of fused-ring (bicyclic) bond motifs is 1. The quantitative estimate of drug-likeness (QED) is 0.649. The molecule has 0 saturated heterocycles. The van der Waals surface area contributed by atoms with Crippen LogP contribution in [0.4, 0.5) is 0 Å². The molecular formula is C22H22O6. The predicted octanol–water partition coefficient (Wildman–Crippen LogP) is 3.98. The van der Waals surface area contributed by atoms with Gasteiger partial charge in [-0.05, 0) is 43.7 Å². The van der Waals surface area contributed by atoms with Gasteiger partial charge in [0.05, 0.1) is 30.9 Å². The first kappa shape index (κ1) is 19.5. The van der Waals surface area contributed by atoms with E-state index in [4.69, 9.17) is 13.9 Å². The number of hydrogen-bond donors (Lipinski definition) is 1. The van der Waals surface area contributed by atoms with Gasteiger partial charge >= 0.3 is 5.97 Å². The second-order valence-corrected chi connectivity index (χ2v) is 6.71. The largest absolute Gasteiger partial charge is 0.502 e. The fourth-order valence-electron chi connectivity index (χ4n) is 3.05. The maximum atomic E-state index is 12.6. The third kappa shape index (κ3) is 4.01. The van der Waals surface area contributed by atoms with Gasteiger partial charge in [-0.2, -0.15) is 0 Å². The summed E-state index contributed by atoms with van der Waals surface area (Å²) in [5.74, 6) is -0.956. The average Bonchev–Trinajstić information content (AvgIpc) is 2.69. The molecule has 0 radical (unpaired) electrons. The third-order valence-corrected chi connectivity index (χ3v) is 4.37. The molecule has 3 aromatic rings. The number of ether oxygens (including phenoxy) is 2. The lowest BCUT2D eigenvalue weighted by atomic mass is 9.92. The lowest BCUT2D eigenvalue weighted by Crippen LogP contribution is -2.14. The van der Waals surface area contributed by atoms with Crippen LogP contribution < -0.4 is 10.2 Å². The number of benzene rings is 2. The molecule has 0 saturated carbocycles. The van der Waals surface area contributed by atoms with Gasteiger partial charge < -0.3 is 19.0 Å². The van der Waals surface area contributed by atoms with Gasteiger partial charge in [0.15, 0.2) is 5.76 Å². The number of methoxy groups -OCH3 is 1. The molecular weight excluding hydrogens is 360 g/mol. The smallest absolute Gasteiger partial charge is 0.306 e. The molecule has 6 heteroatoms. The average molecular weight is 382 g/mol. The van der Waals surface area contributed by atoms with Crippen molar-refractivity contribution in [3.8, 4) is 11.5 Å². The molecule has 1 heterocycles. The number of hydrogen-bond acceptors (Lipinski definition) is 6. The summed E-state index contributed by atoms with van der Waals surface area (Å²) >= 11 is 0. The van der Waals surface area contributed by atoms with Crippen molar-refractivity contribution < 1.29 is 23.8 Å². The van der Waals surface area contributed by atoms with Gasteiger partial charge in [-0.1, -0.05) is 24.3 Å². The highest BCUT2D eigenvalue weighted by Crippen LogP contribution is 2.35. The second kappa shape index (κ2) is 8.17. The number of aromatic hydroxyl groups is 1. The first-order valence-electron chi connectivity index (χ1n) is 8.98. The number of para-hydroxylation sites is 1. The molecule has 146 valence electrons. The standard InChI is InChI=1S/C22H22O6/c1-13(2)27-15-10-8-14(9-11-15)17(12-19(23)26-3)22-21(25)20(24)16-6-4-5-7-18(16)28-22/h4-11,13,17,25H,12H2,1-3H3/t17-/m1/s1. The molecule has 1 atom stereocenters. The van der Waals surface area contributed by atoms with Gasteiger partial charge in [0.2, 0.25) is 11.2 Å². The van der Waals surface area contributed by atoms with E-state index in [0.29, 0.717) is 16.9 Å². The van der Waals surface area contributed by atoms with Crippen LogP contribution in [-0.2, 0) is 9.53 Å². The zero-order chi connectivity index (χ0) is 20.3. The summed E-state index contributed by atoms with van der Waals surface area (Å²) in [5, 5.41) is 10.8. The Hall–Kier alpha value is -3.28. The Morgan fingerprint density at radius 1 is 1.11 bits per heavy atom. The van der Waals surface area contributed by atoms with E-state index in [9.17, 15) is 14.7 Å². The Bertz CT molecular complexity index is 1030. The molecule has 1 aromatic heterocycles. The van der Waals surface area contributed by atoms with Crippen LogP contribution in [0.15, 0.2) is 57.7 Å². The van der Waals surface area contributed by atoms with Crippen molar-refractivity contribution in [1.29, 1.82) is 0 Å². The van der Waals surface area contributed by atoms with Crippen molar-refractivity contribution >= 4 is 16.9 Å². The zero-order valence-corrected chi connectivity index (χ0v) is 16.0. The summed E-state index contributed by atoms with van der Waals surface area (Å²) < 4.78 is 16.3. The highest BCUT2D eigenvalue weighted by molar-refractivity contribution is 5.78. The van der Waals surface area contributed by atoms with Gasteiger partial charge in [0.1, 0.15) is 11.3 Å². The minimum absolute atomic E-state index is 0.0271. The Balaban J connectivity index is 2.10. The highest BCUT2D eigenvalue weighted by Gasteiger charge is 2.27. The normalized spacial score (nSPS) is 12.1. The van der Waals surface area contributed by atoms with E-state index in [2.05, 4.69) is 0 Å². The van der Waals surface area contributed by atoms with E-state index in [1.165, 1.54) is 7.11 Å². The van der Waals surface area contributed by atoms with Crippen molar-refractivity contribution in [2.24, 2.45) is 0 Å². The molecule has 2 aromatic carbocycles. The lowest BCUT2D eigenvalue weighted by Gasteiger charge is -2.18. The van der Waals surface area contributed by atoms with Gasteiger partial charge in [0, 0.05) is 0 Å². The van der Waals surface area contributed by atoms with Gasteiger partial charge in [-0.25, -0.2) is 0 Å². The van der Waals surface area contributed by atoms with Crippen LogP contribution in [0.5, 0.6) is 11.5 Å². The van der Waals surface area contributed by atoms with Crippen LogP contribution in [-0.4, -0.2) is 24.3 Å². The fourth-order valence-corrected chi connectivity index (χ4v) is 3.05. The van der Waals surface area contributed by atoms with E-state index in [-0.39, 0.29) is 23.7 Å². The van der Waals surface area contributed by atoms with Crippen LogP contribution in [0.1, 0.15) is 37.5 Å². The molecule has 0 fully saturated rings. The number of esters is 1. The van der Waals surface area contributed by atoms with Crippen molar-refractivity contribution in [2.75, 3.05) is 7.11 Å². The van der Waals surface area contributed by atoms with Crippen LogP contribution in [0.25, 0.3) is 11.0 Å². The van der Waals surface area contributed by atoms with E-state index < -0.39 is 23.1 Å². The molecule has 0 aliphatic heterocycles. The zero-order valence-electron chi connectivity index (χ0n) is 16.0. The topological polar surface area (TPSA) is 86.0 Å². The van der Waals surface area contributed by atoms with Crippen molar-refractivity contribution in [2.45, 2.75) is 32.3 Å². The summed E-state index contributed by atoms with van der Waals surface area (Å²) in [6, 6.07) is 13.8. The highest BCUT2D eigenvalue weighted by atomic mass is 16.5. The monoisotopic (exact) mass is 382 g/mol. The molecule has 28 heavy (non-hydrogen) atoms. The van der Waals surface area contributed by atoms with Crippen LogP contribution in [0.3, 0.4) is 0 Å². The van der Waals surface area contributed by atoms with Gasteiger partial charge in [-0.15, -0.1) is 0 Å². The van der Waals surface area contributed by atoms with E-state index in [1.54, 1.807) is 48.5 Å². The van der Waals surface area contributed by atoms with E-state index in [1.807, 2.05) is 13.8 Å². The molecule has 3 rings (SSSR count). The molecule has 0 bridgehead atoms. The first-order valence-corrected chi connectivity index (χ1v) is 8.98. The number of carbonyl (C=O) groups is 1. The Morgan fingerprint density at radius 2 is 1.79 bits per heavy atom. The molecule has 0 aliphatic carbocycles. The Morgan fingerprint density at radius 3 is 2.43 bits per heavy atom. The third-order valence-electron chi connectivity index (χ3n) is 4.37. The summed E-state index contributed by atoms with van der Waals surface area (Å²) in [6.07, 6.45) is -0.0605. The van der Waals surface area contributed by atoms with E-state index >= 15 is 0 Å². The van der Waals surface area contributed by atoms with Crippen LogP contribution in [0, 0.1) is 0 Å². The summed E-state index contributed by atoms with van der Waals surface area (Å²) in [4.78, 5) is 24.6. The minimum Gasteiger partial charge on any atom is -0.502 e. The van der Waals surface area contributed by atoms with Crippen molar-refractivity contribution in [3.63, 3.8) is 0 Å². The molecule has 1 N–H and O–H groups in total. The molecule has 0 aliphatic rings. The van der Waals surface area contributed by atoms with Crippen LogP contribution in [0.2, 0.25) is 0 Å². The molecule has 6 nitrogen and oxygen atoms in total. The molecule has 0 amide bonds. The minimum atomic E-state index is -0.683. The van der Waals surface area contributed by atoms with Crippen LogP contribution >= 0.6 is 0 Å². The SMILES string of the molecule is COC(=O)C[C@H](c1ccc(OC(C)C)cc1)c1oc2ccccc2c(=O)c1O. The van der Waals surface area contributed by atoms with E-state index in [0.717, 1.165) is 0 Å². The van der Waals surface area contributed by atoms with Crippen molar-refractivity contribution in [1.82, 2.24) is 0 Å². The maximum absolute atomic E-state index is 12.6. The van der Waals surface area contributed by atoms with Gasteiger partial charge in [0.25, 0.3) is 0 Å². The summed E-state index contributed by atoms with van der Waals surface area (Å²) in [5.41, 5.74) is 0.497. The number of rotatable bonds is 6. The maximum Gasteiger partial charge on any atom is 0.306 e. The van der Waals surface area contributed by atoms with Gasteiger partial charge in [-0.3, -0.25) is 9.59 Å². The van der Waals surface area contributed by atoms with Crippen molar-refractivity contribution in [3.05, 3.63) is 70.1 Å². The first-order chi connectivity index (χ1) is 13.4. The summed E-state index contributed by atoms with van der Waals surface area (Å²) in [6.45, 7) is 3.85. The molecule has 0 unspecified atom stereocenters. The Labute approximate surface area is 162 Å². The predicted molar refractivity (Wildman–Crippen MR) is 105 cm³/mol. The fraction of sp³-hybridized carbons (Fsp3) is 0.273. The second-order valence-electron chi connectivity index (χ2n) is 6.71.